The van der Waals surface area contributed by atoms with E-state index in [2.05, 4.69) is 61.1 Å². The van der Waals surface area contributed by atoms with Gasteiger partial charge in [0.15, 0.2) is 11.6 Å². The monoisotopic (exact) mass is 1050 g/mol. The number of aromatic nitrogens is 10. The van der Waals surface area contributed by atoms with Crippen molar-refractivity contribution in [2.45, 2.75) is 92.6 Å². The summed E-state index contributed by atoms with van der Waals surface area (Å²) >= 11 is 7.66. The maximum absolute atomic E-state index is 14.2. The molecule has 4 unspecified atom stereocenters. The molecule has 0 aliphatic heterocycles. The number of ketones is 2. The first-order valence-electron chi connectivity index (χ1n) is 26.1. The van der Waals surface area contributed by atoms with Crippen LogP contribution in [-0.4, -0.2) is 67.1 Å². The van der Waals surface area contributed by atoms with Crippen molar-refractivity contribution in [3.05, 3.63) is 172 Å². The van der Waals surface area contributed by atoms with Gasteiger partial charge in [-0.15, -0.1) is 51.5 Å². The number of Topliss-reactive ketones (excluding diaryl/α,β-unsaturated/α-hetero) is 2. The molecule has 4 heterocycles. The van der Waals surface area contributed by atoms with Crippen molar-refractivity contribution in [3.63, 3.8) is 0 Å². The summed E-state index contributed by atoms with van der Waals surface area (Å²) in [5.74, 6) is 1.13. The average molecular weight is 1050 g/mol. The lowest BCUT2D eigenvalue weighted by Gasteiger charge is -2.23. The zero-order chi connectivity index (χ0) is 53.1. The molecule has 4 atom stereocenters. The van der Waals surface area contributed by atoms with E-state index in [1.165, 1.54) is 0 Å². The van der Waals surface area contributed by atoms with Gasteiger partial charge in [-0.05, 0) is 160 Å². The molecule has 76 heavy (non-hydrogen) atoms. The summed E-state index contributed by atoms with van der Waals surface area (Å²) in [6.45, 7) is 14.9. The third-order valence-corrected chi connectivity index (χ3v) is 14.9. The normalized spacial score (nSPS) is 15.4. The molecule has 0 radical (unpaired) electrons. The number of carbonyl (C=O) groups is 2. The topological polar surface area (TPSA) is 148 Å². The number of allylic oxidation sites excluding steroid dienone is 2. The maximum Gasteiger partial charge on any atom is 0.171 e. The highest BCUT2D eigenvalue weighted by Gasteiger charge is 2.30. The first-order chi connectivity index (χ1) is 36.7. The summed E-state index contributed by atoms with van der Waals surface area (Å²) in [4.78, 5) is 37.5. The molecule has 0 fully saturated rings. The highest BCUT2D eigenvalue weighted by atomic mass is 35.5. The third kappa shape index (κ3) is 11.7. The van der Waals surface area contributed by atoms with Gasteiger partial charge in [0.2, 0.25) is 0 Å². The lowest BCUT2D eigenvalue weighted by Crippen LogP contribution is -2.24. The van der Waals surface area contributed by atoms with Crippen LogP contribution in [0.2, 0.25) is 5.02 Å². The first kappa shape index (κ1) is 51.8. The molecule has 13 nitrogen and oxygen atoms in total. The Balaban J connectivity index is 0.000000211. The van der Waals surface area contributed by atoms with Crippen LogP contribution < -0.4 is 4.74 Å². The van der Waals surface area contributed by atoms with E-state index in [-0.39, 0.29) is 29.0 Å². The van der Waals surface area contributed by atoms with Gasteiger partial charge in [-0.3, -0.25) is 9.59 Å². The fraction of sp³-hybridized carbons (Fsp3) is 0.295. The highest BCUT2D eigenvalue weighted by molar-refractivity contribution is 7.13. The summed E-state index contributed by atoms with van der Waals surface area (Å²) in [5, 5.41) is 31.5. The van der Waals surface area contributed by atoms with Crippen molar-refractivity contribution in [1.29, 1.82) is 0 Å². The molecule has 6 aromatic carbocycles. The van der Waals surface area contributed by atoms with Gasteiger partial charge in [-0.2, -0.15) is 4.80 Å². The first-order valence-corrected chi connectivity index (χ1v) is 27.4. The molecule has 0 saturated carbocycles. The Bertz CT molecular complexity index is 3670. The predicted molar refractivity (Wildman–Crippen MR) is 303 cm³/mol. The van der Waals surface area contributed by atoms with Gasteiger partial charge in [0.05, 0.1) is 11.4 Å². The van der Waals surface area contributed by atoms with E-state index < -0.39 is 0 Å². The van der Waals surface area contributed by atoms with Crippen molar-refractivity contribution in [2.75, 3.05) is 0 Å². The number of fused-ring (bicyclic) bond motifs is 3. The second-order valence-electron chi connectivity index (χ2n) is 20.9. The van der Waals surface area contributed by atoms with Crippen LogP contribution in [0, 0.1) is 23.7 Å². The average Bonchev–Trinajstić information content (AvgIpc) is 4.28. The predicted octanol–water partition coefficient (Wildman–Crippen LogP) is 14.4. The number of carbonyl (C=O) groups excluding carboxylic acids is 2. The minimum absolute atomic E-state index is 0.0215. The van der Waals surface area contributed by atoms with E-state index in [4.69, 9.17) is 36.7 Å². The van der Waals surface area contributed by atoms with Crippen molar-refractivity contribution < 1.29 is 14.3 Å². The second kappa shape index (κ2) is 22.3. The van der Waals surface area contributed by atoms with Crippen LogP contribution in [0.4, 0.5) is 0 Å². The number of ether oxygens (including phenoxy) is 1. The largest absolute Gasteiger partial charge is 0.486 e. The maximum atomic E-state index is 14.2. The summed E-state index contributed by atoms with van der Waals surface area (Å²) in [7, 11) is 0. The fourth-order valence-electron chi connectivity index (χ4n) is 9.42. The molecule has 11 rings (SSSR count). The molecule has 0 amide bonds. The van der Waals surface area contributed by atoms with E-state index in [0.717, 1.165) is 91.9 Å². The molecular formula is C61H61ClN10O3S. The number of halogens is 1. The SMILES string of the molecule is CC(C)(C)Oc1ccc(-c2nccs2)cc1-n1nc2ccc(Cl)cc2n1.CCC(C)Cc1cc(C(=O)C2C=CC(C(=O)c3ccc(CC(C)CC)cc3-n3nc4ccccc4n3)CC2)cc(-n2nc3ccccc3n2)c1. The van der Waals surface area contributed by atoms with Crippen LogP contribution >= 0.6 is 22.9 Å². The molecule has 0 spiro atoms. The Labute approximate surface area is 451 Å². The van der Waals surface area contributed by atoms with Crippen LogP contribution in [0.25, 0.3) is 60.7 Å². The Morgan fingerprint density at radius 3 is 1.80 bits per heavy atom. The smallest absolute Gasteiger partial charge is 0.171 e. The van der Waals surface area contributed by atoms with E-state index >= 15 is 0 Å². The van der Waals surface area contributed by atoms with Gasteiger partial charge in [0.25, 0.3) is 0 Å². The van der Waals surface area contributed by atoms with Crippen LogP contribution in [0.15, 0.2) is 145 Å². The summed E-state index contributed by atoms with van der Waals surface area (Å²) in [6.07, 6.45) is 10.7. The van der Waals surface area contributed by atoms with Crippen LogP contribution in [0.3, 0.4) is 0 Å². The quantitative estimate of drug-likeness (QED) is 0.0717. The van der Waals surface area contributed by atoms with Gasteiger partial charge < -0.3 is 4.74 Å². The molecular weight excluding hydrogens is 988 g/mol. The minimum Gasteiger partial charge on any atom is -0.486 e. The molecule has 1 aliphatic rings. The summed E-state index contributed by atoms with van der Waals surface area (Å²) in [5.41, 5.74) is 11.1. The molecule has 1 aliphatic carbocycles. The minimum atomic E-state index is -0.340. The fourth-order valence-corrected chi connectivity index (χ4v) is 10.2. The van der Waals surface area contributed by atoms with E-state index in [9.17, 15) is 9.59 Å². The summed E-state index contributed by atoms with van der Waals surface area (Å²) in [6, 6.07) is 39.0. The molecule has 4 aromatic heterocycles. The number of rotatable bonds is 15. The van der Waals surface area contributed by atoms with Gasteiger partial charge in [0.1, 0.15) is 55.1 Å². The van der Waals surface area contributed by atoms with Gasteiger partial charge >= 0.3 is 0 Å². The number of hydrogen-bond acceptors (Lipinski definition) is 11. The third-order valence-electron chi connectivity index (χ3n) is 13.8. The second-order valence-corrected chi connectivity index (χ2v) is 22.2. The number of hydrogen-bond donors (Lipinski definition) is 0. The van der Waals surface area contributed by atoms with E-state index in [0.29, 0.717) is 52.3 Å². The molecule has 0 saturated heterocycles. The van der Waals surface area contributed by atoms with Crippen LogP contribution in [0.1, 0.15) is 106 Å². The summed E-state index contributed by atoms with van der Waals surface area (Å²) < 4.78 is 6.14. The number of thiazole rings is 1. The molecule has 0 bridgehead atoms. The van der Waals surface area contributed by atoms with Crippen molar-refractivity contribution in [3.8, 4) is 33.4 Å². The standard InChI is InChI=1S/C42H44N6O2.C19H17ClN4OS/c1-5-27(3)21-29-15-20-35(40(25-29)48-45-38-13-9-10-14-39(38)46-48)42(50)32-18-16-31(17-19-32)41(49)33-23-30(22-28(4)6-2)24-34(26-33)47-43-36-11-7-8-12-37(36)44-47;1-19(2,3)25-17-7-4-12(18-21-8-9-26-18)10-16(17)24-22-14-6-5-13(20)11-15(14)23-24/h7-16,18,20,23-28,31-32H,5-6,17,19,21-22H2,1-4H3;4-11H,1-3H3. The van der Waals surface area contributed by atoms with Crippen LogP contribution in [-0.2, 0) is 12.8 Å². The zero-order valence-electron chi connectivity index (χ0n) is 43.9. The number of benzene rings is 6. The van der Waals surface area contributed by atoms with Crippen molar-refractivity contribution >= 4 is 67.6 Å². The molecule has 10 aromatic rings. The Morgan fingerprint density at radius 2 is 1.21 bits per heavy atom. The highest BCUT2D eigenvalue weighted by Crippen LogP contribution is 2.34. The Morgan fingerprint density at radius 1 is 0.632 bits per heavy atom. The van der Waals surface area contributed by atoms with Crippen molar-refractivity contribution in [2.24, 2.45) is 23.7 Å². The van der Waals surface area contributed by atoms with Gasteiger partial charge in [-0.25, -0.2) is 4.98 Å². The molecule has 15 heteroatoms. The van der Waals surface area contributed by atoms with Gasteiger partial charge in [0, 0.05) is 45.1 Å². The van der Waals surface area contributed by atoms with Crippen LogP contribution in [0.5, 0.6) is 5.75 Å². The van der Waals surface area contributed by atoms with E-state index in [1.807, 2.05) is 135 Å². The Kier molecular flexibility index (Phi) is 15.2. The lowest BCUT2D eigenvalue weighted by atomic mass is 9.80. The Hall–Kier alpha value is -7.68. The lowest BCUT2D eigenvalue weighted by molar-refractivity contribution is 0.0891. The number of nitrogens with zero attached hydrogens (tertiary/aromatic N) is 10. The van der Waals surface area contributed by atoms with E-state index in [1.54, 1.807) is 38.0 Å². The molecule has 386 valence electrons. The molecule has 0 N–H and O–H groups in total. The van der Waals surface area contributed by atoms with Gasteiger partial charge in [-0.1, -0.05) is 94.6 Å². The zero-order valence-corrected chi connectivity index (χ0v) is 45.5. The van der Waals surface area contributed by atoms with Crippen molar-refractivity contribution in [1.82, 2.24) is 50.0 Å².